The second-order valence-electron chi connectivity index (χ2n) is 7.28. The number of amides is 3. The Labute approximate surface area is 154 Å². The van der Waals surface area contributed by atoms with Crippen LogP contribution in [0.4, 0.5) is 9.18 Å². The summed E-state index contributed by atoms with van der Waals surface area (Å²) in [5.41, 5.74) is 0.837. The first-order chi connectivity index (χ1) is 12.6. The zero-order valence-corrected chi connectivity index (χ0v) is 15.3. The fourth-order valence-corrected chi connectivity index (χ4v) is 3.77. The highest BCUT2D eigenvalue weighted by Crippen LogP contribution is 2.18. The van der Waals surface area contributed by atoms with Gasteiger partial charge in [-0.3, -0.25) is 4.79 Å². The fraction of sp³-hybridized carbons (Fsp3) is 0.600. The van der Waals surface area contributed by atoms with E-state index in [-0.39, 0.29) is 17.8 Å². The first-order valence-electron chi connectivity index (χ1n) is 9.69. The summed E-state index contributed by atoms with van der Waals surface area (Å²) in [6, 6.07) is 6.69. The van der Waals surface area contributed by atoms with Crippen LogP contribution in [0.2, 0.25) is 0 Å². The minimum atomic E-state index is -0.271. The Morgan fingerprint density at radius 3 is 2.42 bits per heavy atom. The first-order valence-corrected chi connectivity index (χ1v) is 9.69. The molecule has 0 radical (unpaired) electrons. The van der Waals surface area contributed by atoms with Gasteiger partial charge < -0.3 is 15.1 Å². The number of rotatable bonds is 4. The lowest BCUT2D eigenvalue weighted by Crippen LogP contribution is -2.54. The van der Waals surface area contributed by atoms with Crippen LogP contribution in [-0.4, -0.2) is 54.0 Å². The van der Waals surface area contributed by atoms with Gasteiger partial charge in [0, 0.05) is 38.6 Å². The van der Waals surface area contributed by atoms with Crippen molar-refractivity contribution in [1.82, 2.24) is 15.1 Å². The van der Waals surface area contributed by atoms with E-state index >= 15 is 0 Å². The smallest absolute Gasteiger partial charge is 0.317 e. The van der Waals surface area contributed by atoms with Crippen LogP contribution in [0.5, 0.6) is 0 Å². The number of urea groups is 1. The van der Waals surface area contributed by atoms with Crippen molar-refractivity contribution >= 4 is 11.9 Å². The third-order valence-electron chi connectivity index (χ3n) is 5.37. The molecule has 1 aromatic carbocycles. The van der Waals surface area contributed by atoms with Gasteiger partial charge in [-0.1, -0.05) is 31.4 Å². The predicted molar refractivity (Wildman–Crippen MR) is 98.3 cm³/mol. The van der Waals surface area contributed by atoms with Gasteiger partial charge in [0.05, 0.1) is 0 Å². The van der Waals surface area contributed by atoms with Crippen LogP contribution in [0.1, 0.15) is 44.1 Å². The zero-order chi connectivity index (χ0) is 18.4. The highest BCUT2D eigenvalue weighted by atomic mass is 19.1. The second kappa shape index (κ2) is 9.01. The number of nitrogens with zero attached hydrogens (tertiary/aromatic N) is 2. The third kappa shape index (κ3) is 5.19. The first kappa shape index (κ1) is 18.7. The number of nitrogens with one attached hydrogen (secondary N) is 1. The van der Waals surface area contributed by atoms with Gasteiger partial charge in [0.15, 0.2) is 0 Å². The van der Waals surface area contributed by atoms with Crippen LogP contribution in [0.25, 0.3) is 0 Å². The Morgan fingerprint density at radius 2 is 1.73 bits per heavy atom. The van der Waals surface area contributed by atoms with E-state index in [0.29, 0.717) is 45.1 Å². The molecule has 6 heteroatoms. The molecular weight excluding hydrogens is 333 g/mol. The second-order valence-corrected chi connectivity index (χ2v) is 7.28. The maximum atomic E-state index is 13.2. The Hall–Kier alpha value is -2.11. The van der Waals surface area contributed by atoms with E-state index in [9.17, 15) is 14.0 Å². The van der Waals surface area contributed by atoms with E-state index in [1.54, 1.807) is 6.07 Å². The summed E-state index contributed by atoms with van der Waals surface area (Å²) in [6.07, 6.45) is 6.71. The lowest BCUT2D eigenvalue weighted by atomic mass is 9.96. The third-order valence-corrected chi connectivity index (χ3v) is 5.37. The van der Waals surface area contributed by atoms with Gasteiger partial charge in [-0.15, -0.1) is 0 Å². The lowest BCUT2D eigenvalue weighted by Gasteiger charge is -2.36. The standard InChI is InChI=1S/C20H28FN3O2/c21-17-6-4-5-16(15-17)9-10-19(25)23-11-13-24(14-12-23)20(26)22-18-7-2-1-3-8-18/h4-6,15,18H,1-3,7-14H2,(H,22,26). The lowest BCUT2D eigenvalue weighted by molar-refractivity contribution is -0.132. The minimum Gasteiger partial charge on any atom is -0.339 e. The number of hydrogen-bond acceptors (Lipinski definition) is 2. The molecule has 3 rings (SSSR count). The molecule has 0 bridgehead atoms. The summed E-state index contributed by atoms with van der Waals surface area (Å²) >= 11 is 0. The van der Waals surface area contributed by atoms with E-state index in [1.807, 2.05) is 15.9 Å². The van der Waals surface area contributed by atoms with Crippen LogP contribution in [0.15, 0.2) is 24.3 Å². The quantitative estimate of drug-likeness (QED) is 0.896. The van der Waals surface area contributed by atoms with E-state index in [4.69, 9.17) is 0 Å². The molecule has 1 heterocycles. The van der Waals surface area contributed by atoms with Crippen molar-refractivity contribution in [3.8, 4) is 0 Å². The van der Waals surface area contributed by atoms with Crippen LogP contribution in [-0.2, 0) is 11.2 Å². The van der Waals surface area contributed by atoms with E-state index in [2.05, 4.69) is 5.32 Å². The fourth-order valence-electron chi connectivity index (χ4n) is 3.77. The molecule has 1 aromatic rings. The van der Waals surface area contributed by atoms with Crippen molar-refractivity contribution in [1.29, 1.82) is 0 Å². The molecular formula is C20H28FN3O2. The highest BCUT2D eigenvalue weighted by Gasteiger charge is 2.25. The van der Waals surface area contributed by atoms with Gasteiger partial charge in [0.1, 0.15) is 5.82 Å². The molecule has 1 N–H and O–H groups in total. The molecule has 0 unspecified atom stereocenters. The van der Waals surface area contributed by atoms with Crippen molar-refractivity contribution in [2.75, 3.05) is 26.2 Å². The van der Waals surface area contributed by atoms with Crippen LogP contribution < -0.4 is 5.32 Å². The summed E-state index contributed by atoms with van der Waals surface area (Å²) in [6.45, 7) is 2.29. The summed E-state index contributed by atoms with van der Waals surface area (Å²) in [4.78, 5) is 28.3. The Balaban J connectivity index is 1.39. The molecule has 2 fully saturated rings. The maximum absolute atomic E-state index is 13.2. The number of carbonyl (C=O) groups is 2. The molecule has 0 spiro atoms. The van der Waals surface area contributed by atoms with Crippen molar-refractivity contribution in [2.24, 2.45) is 0 Å². The van der Waals surface area contributed by atoms with Gasteiger partial charge in [-0.25, -0.2) is 9.18 Å². The number of benzene rings is 1. The van der Waals surface area contributed by atoms with Gasteiger partial charge in [0.25, 0.3) is 0 Å². The Morgan fingerprint density at radius 1 is 1.04 bits per heavy atom. The molecule has 26 heavy (non-hydrogen) atoms. The SMILES string of the molecule is O=C(CCc1cccc(F)c1)N1CCN(C(=O)NC2CCCCC2)CC1. The Kier molecular flexibility index (Phi) is 6.47. The van der Waals surface area contributed by atoms with E-state index in [0.717, 1.165) is 18.4 Å². The zero-order valence-electron chi connectivity index (χ0n) is 15.3. The largest absolute Gasteiger partial charge is 0.339 e. The molecule has 3 amide bonds. The van der Waals surface area contributed by atoms with Gasteiger partial charge in [-0.2, -0.15) is 0 Å². The number of aryl methyl sites for hydroxylation is 1. The normalized spacial score (nSPS) is 18.7. The summed E-state index contributed by atoms with van der Waals surface area (Å²) in [5.74, 6) is -0.200. The average Bonchev–Trinajstić information content (AvgIpc) is 2.67. The summed E-state index contributed by atoms with van der Waals surface area (Å²) in [5, 5.41) is 3.13. The van der Waals surface area contributed by atoms with Gasteiger partial charge >= 0.3 is 6.03 Å². The van der Waals surface area contributed by atoms with Gasteiger partial charge in [-0.05, 0) is 37.0 Å². The van der Waals surface area contributed by atoms with Crippen molar-refractivity contribution in [3.63, 3.8) is 0 Å². The molecule has 1 saturated heterocycles. The van der Waals surface area contributed by atoms with Crippen molar-refractivity contribution in [3.05, 3.63) is 35.6 Å². The number of halogens is 1. The van der Waals surface area contributed by atoms with Crippen LogP contribution >= 0.6 is 0 Å². The Bertz CT molecular complexity index is 623. The molecule has 2 aliphatic rings. The molecule has 1 aliphatic heterocycles. The molecule has 0 aromatic heterocycles. The molecule has 0 atom stereocenters. The number of piperazine rings is 1. The topological polar surface area (TPSA) is 52.7 Å². The monoisotopic (exact) mass is 361 g/mol. The van der Waals surface area contributed by atoms with E-state index in [1.165, 1.54) is 31.4 Å². The van der Waals surface area contributed by atoms with E-state index < -0.39 is 0 Å². The minimum absolute atomic E-state index is 0.00348. The molecule has 1 aliphatic carbocycles. The predicted octanol–water partition coefficient (Wildman–Crippen LogP) is 2.94. The number of hydrogen-bond donors (Lipinski definition) is 1. The molecule has 5 nitrogen and oxygen atoms in total. The average molecular weight is 361 g/mol. The summed E-state index contributed by atoms with van der Waals surface area (Å²) < 4.78 is 13.2. The van der Waals surface area contributed by atoms with Crippen molar-refractivity contribution in [2.45, 2.75) is 51.0 Å². The molecule has 1 saturated carbocycles. The van der Waals surface area contributed by atoms with Gasteiger partial charge in [0.2, 0.25) is 5.91 Å². The van der Waals surface area contributed by atoms with Crippen LogP contribution in [0.3, 0.4) is 0 Å². The highest BCUT2D eigenvalue weighted by molar-refractivity contribution is 5.78. The molecule has 142 valence electrons. The summed E-state index contributed by atoms with van der Waals surface area (Å²) in [7, 11) is 0. The van der Waals surface area contributed by atoms with Crippen LogP contribution in [0, 0.1) is 5.82 Å². The maximum Gasteiger partial charge on any atom is 0.317 e. The number of carbonyl (C=O) groups excluding carboxylic acids is 2. The van der Waals surface area contributed by atoms with Crippen molar-refractivity contribution < 1.29 is 14.0 Å².